The number of halogens is 1. The summed E-state index contributed by atoms with van der Waals surface area (Å²) in [5.41, 5.74) is 0.248. The van der Waals surface area contributed by atoms with Crippen LogP contribution in [0.25, 0.3) is 0 Å². The minimum absolute atomic E-state index is 0.248. The number of aromatic nitrogens is 1. The van der Waals surface area contributed by atoms with Gasteiger partial charge in [-0.05, 0) is 42.9 Å². The van der Waals surface area contributed by atoms with Crippen LogP contribution in [0.2, 0.25) is 0 Å². The predicted molar refractivity (Wildman–Crippen MR) is 77.8 cm³/mol. The summed E-state index contributed by atoms with van der Waals surface area (Å²) in [6, 6.07) is 2.35. The number of pyridine rings is 1. The molecule has 5 nitrogen and oxygen atoms in total. The molecule has 0 amide bonds. The molecule has 19 heavy (non-hydrogen) atoms. The molecule has 1 N–H and O–H groups in total. The molecule has 2 unspecified atom stereocenters. The Morgan fingerprint density at radius 2 is 2.00 bits per heavy atom. The SMILES string of the molecule is CC1CN(c2ncc(Br)cc2C(=O)O)CC(C)N1C. The van der Waals surface area contributed by atoms with Gasteiger partial charge in [0.1, 0.15) is 11.4 Å². The zero-order valence-corrected chi connectivity index (χ0v) is 12.9. The first-order valence-corrected chi connectivity index (χ1v) is 7.05. The van der Waals surface area contributed by atoms with Crippen molar-refractivity contribution in [1.29, 1.82) is 0 Å². The predicted octanol–water partition coefficient (Wildman–Crippen LogP) is 2.07. The molecule has 2 atom stereocenters. The molecule has 0 saturated carbocycles. The summed E-state index contributed by atoms with van der Waals surface area (Å²) in [6.45, 7) is 5.86. The maximum atomic E-state index is 11.3. The van der Waals surface area contributed by atoms with Gasteiger partial charge in [-0.2, -0.15) is 0 Å². The zero-order valence-electron chi connectivity index (χ0n) is 11.3. The Kier molecular flexibility index (Phi) is 4.10. The fourth-order valence-electron chi connectivity index (χ4n) is 2.42. The van der Waals surface area contributed by atoms with E-state index in [1.807, 2.05) is 0 Å². The molecular weight excluding hydrogens is 310 g/mol. The van der Waals surface area contributed by atoms with E-state index in [1.165, 1.54) is 0 Å². The largest absolute Gasteiger partial charge is 0.478 e. The maximum Gasteiger partial charge on any atom is 0.339 e. The molecule has 2 heterocycles. The standard InChI is InChI=1S/C13H18BrN3O2/c1-8-6-17(7-9(2)16(8)3)12-11(13(18)19)4-10(14)5-15-12/h4-5,8-9H,6-7H2,1-3H3,(H,18,19). The minimum atomic E-state index is -0.942. The van der Waals surface area contributed by atoms with Gasteiger partial charge in [0.05, 0.1) is 0 Å². The van der Waals surface area contributed by atoms with E-state index < -0.39 is 5.97 Å². The van der Waals surface area contributed by atoms with E-state index in [4.69, 9.17) is 0 Å². The number of nitrogens with zero attached hydrogens (tertiary/aromatic N) is 3. The van der Waals surface area contributed by atoms with Crippen LogP contribution in [0.3, 0.4) is 0 Å². The van der Waals surface area contributed by atoms with Gasteiger partial charge in [-0.15, -0.1) is 0 Å². The first-order chi connectivity index (χ1) is 8.90. The second-order valence-corrected chi connectivity index (χ2v) is 6.01. The van der Waals surface area contributed by atoms with Crippen LogP contribution in [0.15, 0.2) is 16.7 Å². The Morgan fingerprint density at radius 1 is 1.42 bits per heavy atom. The number of hydrogen-bond donors (Lipinski definition) is 1. The third-order valence-electron chi connectivity index (χ3n) is 3.72. The number of aromatic carboxylic acids is 1. The highest BCUT2D eigenvalue weighted by atomic mass is 79.9. The molecule has 1 aliphatic heterocycles. The fourth-order valence-corrected chi connectivity index (χ4v) is 2.75. The number of carboxylic acid groups (broad SMARTS) is 1. The van der Waals surface area contributed by atoms with E-state index >= 15 is 0 Å². The van der Waals surface area contributed by atoms with Crippen molar-refractivity contribution >= 4 is 27.7 Å². The van der Waals surface area contributed by atoms with Crippen LogP contribution in [0, 0.1) is 0 Å². The molecule has 0 bridgehead atoms. The normalized spacial score (nSPS) is 24.5. The lowest BCUT2D eigenvalue weighted by atomic mass is 10.1. The highest BCUT2D eigenvalue weighted by Crippen LogP contribution is 2.25. The van der Waals surface area contributed by atoms with E-state index in [9.17, 15) is 9.90 Å². The number of piperazine rings is 1. The van der Waals surface area contributed by atoms with Crippen molar-refractivity contribution in [2.24, 2.45) is 0 Å². The summed E-state index contributed by atoms with van der Waals surface area (Å²) >= 11 is 3.27. The lowest BCUT2D eigenvalue weighted by molar-refractivity contribution is 0.0696. The van der Waals surface area contributed by atoms with Gasteiger partial charge in [0.15, 0.2) is 0 Å². The van der Waals surface area contributed by atoms with E-state index in [-0.39, 0.29) is 5.56 Å². The van der Waals surface area contributed by atoms with Crippen LogP contribution < -0.4 is 4.90 Å². The van der Waals surface area contributed by atoms with Crippen molar-refractivity contribution in [3.63, 3.8) is 0 Å². The van der Waals surface area contributed by atoms with E-state index in [1.54, 1.807) is 12.3 Å². The lowest BCUT2D eigenvalue weighted by Crippen LogP contribution is -2.55. The topological polar surface area (TPSA) is 56.7 Å². The number of carboxylic acids is 1. The monoisotopic (exact) mass is 327 g/mol. The van der Waals surface area contributed by atoms with Gasteiger partial charge in [0.2, 0.25) is 0 Å². The lowest BCUT2D eigenvalue weighted by Gasteiger charge is -2.43. The molecule has 104 valence electrons. The Bertz CT molecular complexity index is 483. The number of rotatable bonds is 2. The van der Waals surface area contributed by atoms with Gasteiger partial charge in [-0.1, -0.05) is 0 Å². The Morgan fingerprint density at radius 3 is 2.53 bits per heavy atom. The first kappa shape index (κ1) is 14.3. The van der Waals surface area contributed by atoms with Gasteiger partial charge < -0.3 is 10.0 Å². The average Bonchev–Trinajstić information content (AvgIpc) is 2.35. The quantitative estimate of drug-likeness (QED) is 0.901. The second kappa shape index (κ2) is 5.46. The number of hydrogen-bond acceptors (Lipinski definition) is 4. The molecule has 1 aromatic rings. The van der Waals surface area contributed by atoms with Crippen molar-refractivity contribution in [1.82, 2.24) is 9.88 Å². The van der Waals surface area contributed by atoms with Crippen LogP contribution in [0.4, 0.5) is 5.82 Å². The number of likely N-dealkylation sites (N-methyl/N-ethyl adjacent to an activating group) is 1. The third-order valence-corrected chi connectivity index (χ3v) is 4.16. The van der Waals surface area contributed by atoms with Gasteiger partial charge in [0, 0.05) is 35.8 Å². The number of anilines is 1. The summed E-state index contributed by atoms with van der Waals surface area (Å²) in [5.74, 6) is -0.384. The molecule has 0 aromatic carbocycles. The first-order valence-electron chi connectivity index (χ1n) is 6.26. The second-order valence-electron chi connectivity index (χ2n) is 5.10. The summed E-state index contributed by atoms with van der Waals surface area (Å²) < 4.78 is 0.684. The highest BCUT2D eigenvalue weighted by Gasteiger charge is 2.29. The van der Waals surface area contributed by atoms with Gasteiger partial charge in [-0.25, -0.2) is 9.78 Å². The molecule has 6 heteroatoms. The number of carbonyl (C=O) groups is 1. The molecule has 1 saturated heterocycles. The van der Waals surface area contributed by atoms with Gasteiger partial charge in [0.25, 0.3) is 0 Å². The Hall–Kier alpha value is -1.14. The van der Waals surface area contributed by atoms with Crippen LogP contribution in [-0.4, -0.2) is 53.2 Å². The van der Waals surface area contributed by atoms with Crippen LogP contribution in [0.5, 0.6) is 0 Å². The fraction of sp³-hybridized carbons (Fsp3) is 0.538. The van der Waals surface area contributed by atoms with Crippen molar-refractivity contribution in [3.8, 4) is 0 Å². The molecule has 0 radical (unpaired) electrons. The summed E-state index contributed by atoms with van der Waals surface area (Å²) in [6.07, 6.45) is 1.65. The molecule has 2 rings (SSSR count). The van der Waals surface area contributed by atoms with Crippen LogP contribution >= 0.6 is 15.9 Å². The van der Waals surface area contributed by atoms with Gasteiger partial charge in [-0.3, -0.25) is 4.90 Å². The van der Waals surface area contributed by atoms with E-state index in [0.717, 1.165) is 13.1 Å². The van der Waals surface area contributed by atoms with Crippen molar-refractivity contribution in [2.45, 2.75) is 25.9 Å². The third kappa shape index (κ3) is 2.90. The minimum Gasteiger partial charge on any atom is -0.478 e. The molecular formula is C13H18BrN3O2. The molecule has 1 aliphatic rings. The molecule has 0 aliphatic carbocycles. The van der Waals surface area contributed by atoms with Gasteiger partial charge >= 0.3 is 5.97 Å². The Labute approximate surface area is 121 Å². The van der Waals surface area contributed by atoms with E-state index in [2.05, 4.69) is 51.6 Å². The van der Waals surface area contributed by atoms with Crippen LogP contribution in [0.1, 0.15) is 24.2 Å². The van der Waals surface area contributed by atoms with Crippen molar-refractivity contribution in [3.05, 3.63) is 22.3 Å². The zero-order chi connectivity index (χ0) is 14.2. The van der Waals surface area contributed by atoms with Crippen molar-refractivity contribution in [2.75, 3.05) is 25.0 Å². The van der Waals surface area contributed by atoms with E-state index in [0.29, 0.717) is 22.4 Å². The van der Waals surface area contributed by atoms with Crippen molar-refractivity contribution < 1.29 is 9.90 Å². The Balaban J connectivity index is 2.34. The summed E-state index contributed by atoms with van der Waals surface area (Å²) in [7, 11) is 2.10. The average molecular weight is 328 g/mol. The molecule has 1 aromatic heterocycles. The highest BCUT2D eigenvalue weighted by molar-refractivity contribution is 9.10. The summed E-state index contributed by atoms with van der Waals surface area (Å²) in [5, 5.41) is 9.31. The molecule has 0 spiro atoms. The molecule has 1 fully saturated rings. The summed E-state index contributed by atoms with van der Waals surface area (Å²) in [4.78, 5) is 20.0. The van der Waals surface area contributed by atoms with Crippen LogP contribution in [-0.2, 0) is 0 Å². The smallest absolute Gasteiger partial charge is 0.339 e. The maximum absolute atomic E-state index is 11.3.